The van der Waals surface area contributed by atoms with Crippen LogP contribution < -0.4 is 5.32 Å². The van der Waals surface area contributed by atoms with Gasteiger partial charge in [0.1, 0.15) is 11.7 Å². The van der Waals surface area contributed by atoms with Gasteiger partial charge in [0.25, 0.3) is 0 Å². The molecule has 11 heteroatoms. The molecule has 2 aromatic rings. The lowest BCUT2D eigenvalue weighted by molar-refractivity contribution is -0.146. The molecule has 2 aliphatic carbocycles. The Balaban J connectivity index is 1.34. The number of rotatable bonds is 17. The van der Waals surface area contributed by atoms with Crippen LogP contribution in [0.3, 0.4) is 0 Å². The third-order valence-corrected chi connectivity index (χ3v) is 12.2. The van der Waals surface area contributed by atoms with Crippen LogP contribution in [0.2, 0.25) is 0 Å². The van der Waals surface area contributed by atoms with Crippen molar-refractivity contribution in [2.75, 3.05) is 6.54 Å². The Kier molecular flexibility index (Phi) is 14.0. The summed E-state index contributed by atoms with van der Waals surface area (Å²) in [7, 11) is 0. The van der Waals surface area contributed by atoms with Crippen molar-refractivity contribution < 1.29 is 28.8 Å². The molecule has 3 heterocycles. The van der Waals surface area contributed by atoms with E-state index in [1.807, 2.05) is 46.8 Å². The third-order valence-electron chi connectivity index (χ3n) is 12.2. The molecule has 3 aliphatic rings. The van der Waals surface area contributed by atoms with Crippen LogP contribution in [0, 0.1) is 35.0 Å². The first-order valence-corrected chi connectivity index (χ1v) is 20.2. The smallest absolute Gasteiger partial charge is 0.246 e. The van der Waals surface area contributed by atoms with Crippen LogP contribution in [0.15, 0.2) is 43.1 Å². The Bertz CT molecular complexity index is 1640. The molecule has 0 radical (unpaired) electrons. The van der Waals surface area contributed by atoms with Gasteiger partial charge in [0.2, 0.25) is 17.6 Å². The van der Waals surface area contributed by atoms with E-state index in [1.165, 1.54) is 18.6 Å². The summed E-state index contributed by atoms with van der Waals surface area (Å²) in [6.07, 6.45) is 16.0. The number of fused-ring (bicyclic) bond motifs is 1. The minimum absolute atomic E-state index is 0.000929. The van der Waals surface area contributed by atoms with E-state index in [2.05, 4.69) is 20.3 Å². The highest BCUT2D eigenvalue weighted by Crippen LogP contribution is 2.44. The van der Waals surface area contributed by atoms with E-state index < -0.39 is 40.9 Å². The standard InChI is InChI=1S/C43H59N5O6/c1-6-11-30(39(52)37(51)22-27(2)28-16-18-44-19-17-28)23-36(50)38-32-15-10-14-31(32)26-48(38)42(54)40(43(3,4)5)47-41(53)33(29-12-8-7-9-13-29)24-35(49)34-25-45-20-21-46-34/h16-21,25,27,29-33,38,40H,6-15,22-24,26H2,1-5H3,(H,47,53)/t27-,30-,31?,32-,33+,38-,40+/m0/s1. The molecule has 292 valence electrons. The topological polar surface area (TPSA) is 156 Å². The van der Waals surface area contributed by atoms with Gasteiger partial charge in [-0.2, -0.15) is 0 Å². The molecule has 2 aromatic heterocycles. The molecule has 5 rings (SSSR count). The number of nitrogens with zero attached hydrogens (tertiary/aromatic N) is 4. The van der Waals surface area contributed by atoms with Crippen molar-refractivity contribution in [3.8, 4) is 0 Å². The molecule has 7 atom stereocenters. The number of ketones is 4. The molecule has 1 unspecified atom stereocenters. The van der Waals surface area contributed by atoms with Crippen LogP contribution in [0.25, 0.3) is 0 Å². The van der Waals surface area contributed by atoms with Gasteiger partial charge in [-0.1, -0.05) is 66.7 Å². The second-order valence-corrected chi connectivity index (χ2v) is 17.1. The number of hydrogen-bond acceptors (Lipinski definition) is 9. The summed E-state index contributed by atoms with van der Waals surface area (Å²) in [5.41, 5.74) is 0.427. The highest BCUT2D eigenvalue weighted by Gasteiger charge is 2.52. The van der Waals surface area contributed by atoms with E-state index in [1.54, 1.807) is 17.3 Å². The van der Waals surface area contributed by atoms with Crippen molar-refractivity contribution in [3.63, 3.8) is 0 Å². The Labute approximate surface area is 320 Å². The first-order chi connectivity index (χ1) is 25.8. The zero-order chi connectivity index (χ0) is 39.0. The average molecular weight is 742 g/mol. The molecule has 1 aliphatic heterocycles. The van der Waals surface area contributed by atoms with Crippen LogP contribution in [0.1, 0.15) is 140 Å². The average Bonchev–Trinajstić information content (AvgIpc) is 3.77. The largest absolute Gasteiger partial charge is 0.344 e. The molecule has 0 aromatic carbocycles. The van der Waals surface area contributed by atoms with Crippen LogP contribution >= 0.6 is 0 Å². The molecule has 2 amide bonds. The Morgan fingerprint density at radius 1 is 0.870 bits per heavy atom. The highest BCUT2D eigenvalue weighted by molar-refractivity contribution is 6.38. The van der Waals surface area contributed by atoms with Crippen LogP contribution in [-0.2, 0) is 24.0 Å². The van der Waals surface area contributed by atoms with Crippen molar-refractivity contribution in [1.29, 1.82) is 0 Å². The Hall–Kier alpha value is -4.15. The van der Waals surface area contributed by atoms with Gasteiger partial charge in [-0.3, -0.25) is 38.7 Å². The van der Waals surface area contributed by atoms with Gasteiger partial charge < -0.3 is 10.2 Å². The van der Waals surface area contributed by atoms with Crippen molar-refractivity contribution >= 4 is 34.9 Å². The summed E-state index contributed by atoms with van der Waals surface area (Å²) < 4.78 is 0. The van der Waals surface area contributed by atoms with Gasteiger partial charge in [-0.25, -0.2) is 4.98 Å². The number of nitrogens with one attached hydrogen (secondary N) is 1. The predicted molar refractivity (Wildman–Crippen MR) is 204 cm³/mol. The van der Waals surface area contributed by atoms with Crippen molar-refractivity contribution in [2.45, 2.75) is 136 Å². The monoisotopic (exact) mass is 741 g/mol. The highest BCUT2D eigenvalue weighted by atomic mass is 16.2. The fraction of sp³-hybridized carbons (Fsp3) is 0.651. The Morgan fingerprint density at radius 2 is 1.59 bits per heavy atom. The molecule has 1 N–H and O–H groups in total. The summed E-state index contributed by atoms with van der Waals surface area (Å²) in [4.78, 5) is 97.7. The van der Waals surface area contributed by atoms with E-state index in [-0.39, 0.29) is 72.0 Å². The molecule has 1 saturated heterocycles. The maximum absolute atomic E-state index is 14.8. The third kappa shape index (κ3) is 9.93. The second kappa shape index (κ2) is 18.5. The summed E-state index contributed by atoms with van der Waals surface area (Å²) in [6, 6.07) is 2.00. The minimum atomic E-state index is -0.943. The van der Waals surface area contributed by atoms with Gasteiger partial charge in [0.15, 0.2) is 17.3 Å². The molecule has 54 heavy (non-hydrogen) atoms. The van der Waals surface area contributed by atoms with Crippen LogP contribution in [0.5, 0.6) is 0 Å². The van der Waals surface area contributed by atoms with Crippen LogP contribution in [0.4, 0.5) is 0 Å². The number of carbonyl (C=O) groups excluding carboxylic acids is 6. The lowest BCUT2D eigenvalue weighted by Crippen LogP contribution is -2.58. The number of amides is 2. The quantitative estimate of drug-likeness (QED) is 0.141. The molecule has 2 saturated carbocycles. The van der Waals surface area contributed by atoms with Crippen molar-refractivity contribution in [3.05, 3.63) is 54.4 Å². The van der Waals surface area contributed by atoms with Gasteiger partial charge in [-0.05, 0) is 78.9 Å². The first-order valence-electron chi connectivity index (χ1n) is 20.2. The van der Waals surface area contributed by atoms with E-state index in [0.29, 0.717) is 19.4 Å². The zero-order valence-corrected chi connectivity index (χ0v) is 32.8. The SMILES string of the molecule is CCC[C@@H](CC(=O)[C@@H]1[C@H]2CCCC2CN1C(=O)[C@@H](NC(=O)[C@H](CC(=O)c1cnccn1)C1CCCCC1)C(C)(C)C)C(=O)C(=O)C[C@H](C)c1ccncc1. The van der Waals surface area contributed by atoms with Gasteiger partial charge in [0, 0.05) is 62.4 Å². The molecule has 11 nitrogen and oxygen atoms in total. The summed E-state index contributed by atoms with van der Waals surface area (Å²) in [5.74, 6) is -3.52. The second-order valence-electron chi connectivity index (χ2n) is 17.1. The number of aromatic nitrogens is 3. The fourth-order valence-electron chi connectivity index (χ4n) is 9.22. The molecule has 3 fully saturated rings. The van der Waals surface area contributed by atoms with E-state index in [4.69, 9.17) is 0 Å². The molecular weight excluding hydrogens is 683 g/mol. The first kappa shape index (κ1) is 41.0. The van der Waals surface area contributed by atoms with Gasteiger partial charge in [0.05, 0.1) is 12.2 Å². The maximum Gasteiger partial charge on any atom is 0.246 e. The van der Waals surface area contributed by atoms with E-state index in [9.17, 15) is 28.8 Å². The lowest BCUT2D eigenvalue weighted by atomic mass is 9.76. The number of carbonyl (C=O) groups is 6. The van der Waals surface area contributed by atoms with Crippen molar-refractivity contribution in [2.24, 2.45) is 35.0 Å². The molecule has 0 spiro atoms. The van der Waals surface area contributed by atoms with Gasteiger partial charge in [-0.15, -0.1) is 0 Å². The van der Waals surface area contributed by atoms with Gasteiger partial charge >= 0.3 is 0 Å². The summed E-state index contributed by atoms with van der Waals surface area (Å²) in [5, 5.41) is 3.11. The number of likely N-dealkylation sites (tertiary alicyclic amines) is 1. The fourth-order valence-corrected chi connectivity index (χ4v) is 9.22. The molecule has 0 bridgehead atoms. The van der Waals surface area contributed by atoms with Crippen molar-refractivity contribution in [1.82, 2.24) is 25.2 Å². The molecular formula is C43H59N5O6. The lowest BCUT2D eigenvalue weighted by Gasteiger charge is -2.38. The summed E-state index contributed by atoms with van der Waals surface area (Å²) in [6.45, 7) is 9.95. The maximum atomic E-state index is 14.8. The number of Topliss-reactive ketones (excluding diaryl/α,β-unsaturated/α-hetero) is 4. The summed E-state index contributed by atoms with van der Waals surface area (Å²) >= 11 is 0. The van der Waals surface area contributed by atoms with E-state index >= 15 is 0 Å². The number of hydrogen-bond donors (Lipinski definition) is 1. The number of pyridine rings is 1. The van der Waals surface area contributed by atoms with Crippen LogP contribution in [-0.4, -0.2) is 73.4 Å². The minimum Gasteiger partial charge on any atom is -0.344 e. The van der Waals surface area contributed by atoms with E-state index in [0.717, 1.165) is 56.9 Å². The predicted octanol–water partition coefficient (Wildman–Crippen LogP) is 6.51. The zero-order valence-electron chi connectivity index (χ0n) is 32.8. The Morgan fingerprint density at radius 3 is 2.24 bits per heavy atom. The normalized spacial score (nSPS) is 22.5.